The summed E-state index contributed by atoms with van der Waals surface area (Å²) in [5, 5.41) is 25.6. The van der Waals surface area contributed by atoms with Crippen molar-refractivity contribution in [1.82, 2.24) is 5.43 Å². The smallest absolute Gasteiger partial charge is 0.271 e. The highest BCUT2D eigenvalue weighted by Crippen LogP contribution is 2.10. The second-order valence-electron chi connectivity index (χ2n) is 6.11. The van der Waals surface area contributed by atoms with Crippen LogP contribution in [-0.2, 0) is 0 Å². The van der Waals surface area contributed by atoms with E-state index in [0.717, 1.165) is 16.8 Å². The van der Waals surface area contributed by atoms with E-state index in [1.807, 2.05) is 6.07 Å². The molecular formula is C23H16N6O. The molecule has 0 heterocycles. The van der Waals surface area contributed by atoms with Crippen LogP contribution in [0.5, 0.6) is 0 Å². The Morgan fingerprint density at radius 2 is 1.23 bits per heavy atom. The maximum atomic E-state index is 12.2. The zero-order chi connectivity index (χ0) is 21.2. The number of nitriles is 2. The first-order valence-corrected chi connectivity index (χ1v) is 8.91. The van der Waals surface area contributed by atoms with Gasteiger partial charge >= 0.3 is 0 Å². The Hall–Kier alpha value is -4.75. The third-order valence-electron chi connectivity index (χ3n) is 4.01. The summed E-state index contributed by atoms with van der Waals surface area (Å²) < 4.78 is 0. The van der Waals surface area contributed by atoms with Crippen LogP contribution in [0.1, 0.15) is 32.6 Å². The molecule has 0 radical (unpaired) electrons. The van der Waals surface area contributed by atoms with Gasteiger partial charge in [-0.05, 0) is 59.7 Å². The summed E-state index contributed by atoms with van der Waals surface area (Å²) in [6.07, 6.45) is 3.15. The van der Waals surface area contributed by atoms with Crippen LogP contribution in [0.15, 0.2) is 83.0 Å². The topological polar surface area (TPSA) is 113 Å². The van der Waals surface area contributed by atoms with Gasteiger partial charge in [-0.2, -0.15) is 20.7 Å². The lowest BCUT2D eigenvalue weighted by Crippen LogP contribution is -2.17. The summed E-state index contributed by atoms with van der Waals surface area (Å²) in [6.45, 7) is 0. The molecule has 3 aromatic rings. The van der Waals surface area contributed by atoms with Crippen LogP contribution >= 0.6 is 0 Å². The molecule has 0 aliphatic heterocycles. The molecule has 0 fully saturated rings. The average Bonchev–Trinajstić information content (AvgIpc) is 2.80. The van der Waals surface area contributed by atoms with Crippen LogP contribution in [-0.4, -0.2) is 18.3 Å². The van der Waals surface area contributed by atoms with Crippen LogP contribution in [0.25, 0.3) is 0 Å². The number of benzene rings is 3. The molecule has 0 saturated carbocycles. The number of nitrogens with one attached hydrogen (secondary N) is 2. The van der Waals surface area contributed by atoms with Crippen LogP contribution in [0.2, 0.25) is 0 Å². The molecule has 0 atom stereocenters. The van der Waals surface area contributed by atoms with Crippen molar-refractivity contribution in [3.8, 4) is 12.1 Å². The lowest BCUT2D eigenvalue weighted by Gasteiger charge is -2.03. The standard InChI is InChI=1S/C23H16N6O/c24-13-17-1-5-19(6-2-17)15-26-28-22-11-9-21(10-12-22)23(30)29-27-16-20-7-3-18(14-25)4-8-20/h1-12,15-16,28H,(H,29,30)/b26-15-,27-16-. The van der Waals surface area contributed by atoms with E-state index >= 15 is 0 Å². The molecule has 3 rings (SSSR count). The lowest BCUT2D eigenvalue weighted by atomic mass is 10.2. The number of nitrogens with zero attached hydrogens (tertiary/aromatic N) is 4. The lowest BCUT2D eigenvalue weighted by molar-refractivity contribution is 0.0955. The van der Waals surface area contributed by atoms with Crippen molar-refractivity contribution < 1.29 is 4.79 Å². The van der Waals surface area contributed by atoms with E-state index in [1.165, 1.54) is 6.21 Å². The molecule has 7 nitrogen and oxygen atoms in total. The fourth-order valence-corrected chi connectivity index (χ4v) is 2.39. The second-order valence-corrected chi connectivity index (χ2v) is 6.11. The zero-order valence-corrected chi connectivity index (χ0v) is 15.8. The first-order valence-electron chi connectivity index (χ1n) is 8.91. The molecule has 30 heavy (non-hydrogen) atoms. The summed E-state index contributed by atoms with van der Waals surface area (Å²) >= 11 is 0. The Bertz CT molecular complexity index is 1150. The zero-order valence-electron chi connectivity index (χ0n) is 15.8. The van der Waals surface area contributed by atoms with Crippen molar-refractivity contribution >= 4 is 24.0 Å². The van der Waals surface area contributed by atoms with E-state index in [9.17, 15) is 4.79 Å². The molecular weight excluding hydrogens is 376 g/mol. The normalized spacial score (nSPS) is 10.5. The quantitative estimate of drug-likeness (QED) is 0.492. The predicted molar refractivity (Wildman–Crippen MR) is 115 cm³/mol. The van der Waals surface area contributed by atoms with Crippen molar-refractivity contribution in [3.05, 3.63) is 101 Å². The molecule has 0 unspecified atom stereocenters. The number of rotatable bonds is 6. The Morgan fingerprint density at radius 3 is 1.73 bits per heavy atom. The molecule has 0 aliphatic rings. The highest BCUT2D eigenvalue weighted by atomic mass is 16.2. The van der Waals surface area contributed by atoms with Gasteiger partial charge in [-0.15, -0.1) is 0 Å². The summed E-state index contributed by atoms with van der Waals surface area (Å²) in [7, 11) is 0. The van der Waals surface area contributed by atoms with Gasteiger partial charge in [0.05, 0.1) is 41.4 Å². The second kappa shape index (κ2) is 9.98. The van der Waals surface area contributed by atoms with Gasteiger partial charge in [0.25, 0.3) is 5.91 Å². The molecule has 0 aliphatic carbocycles. The van der Waals surface area contributed by atoms with Crippen molar-refractivity contribution in [2.75, 3.05) is 5.43 Å². The van der Waals surface area contributed by atoms with Gasteiger partial charge in [0, 0.05) is 5.56 Å². The Labute approximate surface area is 173 Å². The molecule has 1 amide bonds. The van der Waals surface area contributed by atoms with Gasteiger partial charge in [0.2, 0.25) is 0 Å². The number of carbonyl (C=O) groups excluding carboxylic acids is 1. The number of amides is 1. The Morgan fingerprint density at radius 1 is 0.733 bits per heavy atom. The maximum absolute atomic E-state index is 12.2. The van der Waals surface area contributed by atoms with Gasteiger partial charge in [-0.1, -0.05) is 24.3 Å². The fourth-order valence-electron chi connectivity index (χ4n) is 2.39. The molecule has 2 N–H and O–H groups in total. The van der Waals surface area contributed by atoms with E-state index in [0.29, 0.717) is 16.7 Å². The number of anilines is 1. The first-order chi connectivity index (χ1) is 14.7. The monoisotopic (exact) mass is 392 g/mol. The van der Waals surface area contributed by atoms with Gasteiger partial charge in [-0.25, -0.2) is 5.43 Å². The number of hydrogen-bond donors (Lipinski definition) is 2. The summed E-state index contributed by atoms with van der Waals surface area (Å²) in [6, 6.07) is 24.8. The average molecular weight is 392 g/mol. The van der Waals surface area contributed by atoms with Crippen LogP contribution in [0.3, 0.4) is 0 Å². The minimum absolute atomic E-state index is 0.340. The predicted octanol–water partition coefficient (Wildman–Crippen LogP) is 3.64. The molecule has 3 aromatic carbocycles. The molecule has 0 aromatic heterocycles. The largest absolute Gasteiger partial charge is 0.279 e. The van der Waals surface area contributed by atoms with E-state index in [2.05, 4.69) is 27.1 Å². The van der Waals surface area contributed by atoms with Gasteiger partial charge in [-0.3, -0.25) is 10.2 Å². The van der Waals surface area contributed by atoms with Gasteiger partial charge < -0.3 is 0 Å². The van der Waals surface area contributed by atoms with Crippen molar-refractivity contribution in [2.24, 2.45) is 10.2 Å². The molecule has 7 heteroatoms. The molecule has 144 valence electrons. The Balaban J connectivity index is 1.52. The minimum Gasteiger partial charge on any atom is -0.279 e. The van der Waals surface area contributed by atoms with Crippen molar-refractivity contribution in [3.63, 3.8) is 0 Å². The van der Waals surface area contributed by atoms with E-state index in [1.54, 1.807) is 79.0 Å². The molecule has 0 spiro atoms. The molecule has 0 saturated heterocycles. The van der Waals surface area contributed by atoms with Gasteiger partial charge in [0.1, 0.15) is 0 Å². The van der Waals surface area contributed by atoms with E-state index in [4.69, 9.17) is 10.5 Å². The third kappa shape index (κ3) is 5.62. The number of hydrogen-bond acceptors (Lipinski definition) is 6. The van der Waals surface area contributed by atoms with Crippen LogP contribution in [0.4, 0.5) is 5.69 Å². The van der Waals surface area contributed by atoms with Crippen molar-refractivity contribution in [2.45, 2.75) is 0 Å². The summed E-state index contributed by atoms with van der Waals surface area (Å²) in [5.41, 5.74) is 9.30. The highest BCUT2D eigenvalue weighted by Gasteiger charge is 2.03. The fraction of sp³-hybridized carbons (Fsp3) is 0. The Kier molecular flexibility index (Phi) is 6.65. The summed E-state index contributed by atoms with van der Waals surface area (Å²) in [5.74, 6) is -0.340. The van der Waals surface area contributed by atoms with Crippen molar-refractivity contribution in [1.29, 1.82) is 10.5 Å². The SMILES string of the molecule is N#Cc1ccc(/C=N\NC(=O)c2ccc(N/N=C\c3ccc(C#N)cc3)cc2)cc1. The first kappa shape index (κ1) is 20.0. The van der Waals surface area contributed by atoms with Crippen LogP contribution < -0.4 is 10.9 Å². The maximum Gasteiger partial charge on any atom is 0.271 e. The number of carbonyl (C=O) groups is 1. The number of hydrazone groups is 2. The van der Waals surface area contributed by atoms with Gasteiger partial charge in [0.15, 0.2) is 0 Å². The van der Waals surface area contributed by atoms with E-state index < -0.39 is 0 Å². The highest BCUT2D eigenvalue weighted by molar-refractivity contribution is 5.95. The third-order valence-corrected chi connectivity index (χ3v) is 4.01. The van der Waals surface area contributed by atoms with E-state index in [-0.39, 0.29) is 5.91 Å². The molecule has 0 bridgehead atoms. The van der Waals surface area contributed by atoms with Crippen LogP contribution in [0, 0.1) is 22.7 Å². The minimum atomic E-state index is -0.340. The summed E-state index contributed by atoms with van der Waals surface area (Å²) in [4.78, 5) is 12.2.